The lowest BCUT2D eigenvalue weighted by Gasteiger charge is -2.07. The number of nitrogens with zero attached hydrogens (tertiary/aromatic N) is 2. The molecule has 0 aliphatic heterocycles. The minimum atomic E-state index is -3.03. The maximum atomic E-state index is 11.0. The molecule has 2 N–H and O–H groups in total. The summed E-state index contributed by atoms with van der Waals surface area (Å²) in [5.41, 5.74) is 7.01. The molecule has 1 aromatic heterocycles. The Labute approximate surface area is 232 Å². The van der Waals surface area contributed by atoms with Gasteiger partial charge in [-0.15, -0.1) is 11.3 Å². The van der Waals surface area contributed by atoms with E-state index in [1.807, 2.05) is 31.5 Å². The largest absolute Gasteiger partial charge is 0.365 e. The molecule has 38 heavy (non-hydrogen) atoms. The van der Waals surface area contributed by atoms with Crippen molar-refractivity contribution in [1.29, 1.82) is 5.26 Å². The Bertz CT molecular complexity index is 1240. The van der Waals surface area contributed by atoms with Crippen molar-refractivity contribution in [2.75, 3.05) is 18.3 Å². The summed E-state index contributed by atoms with van der Waals surface area (Å²) in [6.07, 6.45) is 12.2. The number of unbranched alkanes of at least 4 members (excludes halogenated alkanes) is 1. The summed E-state index contributed by atoms with van der Waals surface area (Å²) < 4.78 is 42.8. The van der Waals surface area contributed by atoms with Gasteiger partial charge in [-0.05, 0) is 67.7 Å². The number of amides is 1. The molecule has 0 unspecified atom stereocenters. The van der Waals surface area contributed by atoms with Crippen LogP contribution < -0.4 is 5.73 Å². The zero-order valence-corrected chi connectivity index (χ0v) is 25.5. The van der Waals surface area contributed by atoms with Crippen LogP contribution in [0.4, 0.5) is 0 Å². The molecule has 2 aromatic rings. The van der Waals surface area contributed by atoms with E-state index in [2.05, 4.69) is 11.9 Å². The summed E-state index contributed by atoms with van der Waals surface area (Å²) in [4.78, 5) is 15.1. The monoisotopic (exact) mass is 583 g/mol. The van der Waals surface area contributed by atoms with E-state index in [1.165, 1.54) is 49.5 Å². The van der Waals surface area contributed by atoms with Crippen molar-refractivity contribution in [3.8, 4) is 6.19 Å². The van der Waals surface area contributed by atoms with Crippen molar-refractivity contribution in [3.05, 3.63) is 52.2 Å². The number of carbonyl (C=O) groups excluding carboxylic acids is 1. The quantitative estimate of drug-likeness (QED) is 0.332. The highest BCUT2D eigenvalue weighted by Crippen LogP contribution is 2.27. The first-order chi connectivity index (χ1) is 17.7. The van der Waals surface area contributed by atoms with Crippen molar-refractivity contribution in [2.45, 2.75) is 70.6 Å². The molecule has 1 fully saturated rings. The van der Waals surface area contributed by atoms with Crippen LogP contribution >= 0.6 is 11.3 Å². The fourth-order valence-electron chi connectivity index (χ4n) is 3.45. The van der Waals surface area contributed by atoms with Gasteiger partial charge in [0.25, 0.3) is 5.91 Å². The Balaban J connectivity index is 0.000000486. The van der Waals surface area contributed by atoms with Gasteiger partial charge in [-0.2, -0.15) is 10.3 Å². The standard InChI is InChI=1S/C9H14N2.C8H10O2S.C5H5NOS.C5H12O2S/c1-2-9(11-7-10)8-5-3-4-6-8;1-7-4-3-5-8(6-7)11(2,9)10;6-5(7)4-2-1-3-8-4;1-3-4-5-8(2,6)7/h8H,2-6H2,1H3;3-6H,1-2H3;1-3H,(H2,6,7);3-5H2,1-2H3. The number of hydrogen-bond acceptors (Lipinski definition) is 8. The van der Waals surface area contributed by atoms with E-state index < -0.39 is 19.7 Å². The third-order valence-corrected chi connectivity index (χ3v) is 8.46. The summed E-state index contributed by atoms with van der Waals surface area (Å²) >= 11 is 1.36. The van der Waals surface area contributed by atoms with Crippen molar-refractivity contribution < 1.29 is 21.6 Å². The first-order valence-corrected chi connectivity index (χ1v) is 17.3. The number of nitrogens with two attached hydrogens (primary N) is 1. The van der Waals surface area contributed by atoms with Crippen LogP contribution in [0.2, 0.25) is 0 Å². The molecular formula is C27H41N3O5S3. The van der Waals surface area contributed by atoms with E-state index >= 15 is 0 Å². The number of rotatable bonds is 7. The first kappa shape index (κ1) is 35.5. The molecule has 1 aliphatic rings. The van der Waals surface area contributed by atoms with E-state index in [-0.39, 0.29) is 5.91 Å². The van der Waals surface area contributed by atoms with Crippen molar-refractivity contribution in [2.24, 2.45) is 16.6 Å². The van der Waals surface area contributed by atoms with E-state index in [0.717, 1.165) is 30.5 Å². The minimum Gasteiger partial charge on any atom is -0.365 e. The molecule has 0 radical (unpaired) electrons. The van der Waals surface area contributed by atoms with Crippen molar-refractivity contribution in [3.63, 3.8) is 0 Å². The molecule has 3 rings (SSSR count). The SMILES string of the molecule is CCC(=NC#N)C1CCCC1.CCCCS(C)(=O)=O.Cc1cccc(S(C)(=O)=O)c1.NC(=O)c1cccs1. The van der Waals surface area contributed by atoms with E-state index in [0.29, 0.717) is 21.4 Å². The molecule has 0 spiro atoms. The number of sulfone groups is 2. The summed E-state index contributed by atoms with van der Waals surface area (Å²) in [7, 11) is -5.71. The second kappa shape index (κ2) is 18.7. The first-order valence-electron chi connectivity index (χ1n) is 12.5. The van der Waals surface area contributed by atoms with Gasteiger partial charge in [-0.1, -0.05) is 51.3 Å². The molecule has 11 heteroatoms. The molecular weight excluding hydrogens is 543 g/mol. The van der Waals surface area contributed by atoms with Gasteiger partial charge in [0, 0.05) is 24.0 Å². The number of primary amides is 1. The molecule has 0 saturated heterocycles. The lowest BCUT2D eigenvalue weighted by Crippen LogP contribution is -2.08. The average Bonchev–Trinajstić information content (AvgIpc) is 3.56. The van der Waals surface area contributed by atoms with Crippen molar-refractivity contribution >= 4 is 42.6 Å². The predicted molar refractivity (Wildman–Crippen MR) is 157 cm³/mol. The lowest BCUT2D eigenvalue weighted by atomic mass is 10.00. The Hall–Kier alpha value is -2.55. The number of aryl methyl sites for hydroxylation is 1. The number of aliphatic imine (C=N–C) groups is 1. The third kappa shape index (κ3) is 17.1. The smallest absolute Gasteiger partial charge is 0.258 e. The normalized spacial score (nSPS) is 13.5. The third-order valence-electron chi connectivity index (χ3n) is 5.43. The zero-order valence-electron chi connectivity index (χ0n) is 23.0. The molecule has 1 aromatic carbocycles. The fraction of sp³-hybridized carbons (Fsp3) is 0.519. The highest BCUT2D eigenvalue weighted by molar-refractivity contribution is 7.91. The second-order valence-electron chi connectivity index (χ2n) is 8.95. The van der Waals surface area contributed by atoms with Crippen LogP contribution in [-0.4, -0.2) is 46.7 Å². The van der Waals surface area contributed by atoms with Crippen LogP contribution in [0.15, 0.2) is 51.7 Å². The molecule has 1 saturated carbocycles. The molecule has 212 valence electrons. The van der Waals surface area contributed by atoms with Crippen LogP contribution in [0, 0.1) is 24.3 Å². The van der Waals surface area contributed by atoms with Gasteiger partial charge in [0.05, 0.1) is 9.77 Å². The summed E-state index contributed by atoms with van der Waals surface area (Å²) in [6.45, 7) is 5.92. The van der Waals surface area contributed by atoms with Gasteiger partial charge in [0.1, 0.15) is 9.84 Å². The van der Waals surface area contributed by atoms with Gasteiger partial charge in [-0.25, -0.2) is 16.8 Å². The van der Waals surface area contributed by atoms with Gasteiger partial charge < -0.3 is 5.73 Å². The Morgan fingerprint density at radius 3 is 2.05 bits per heavy atom. The van der Waals surface area contributed by atoms with E-state index in [1.54, 1.807) is 30.3 Å². The zero-order chi connectivity index (χ0) is 29.2. The maximum absolute atomic E-state index is 11.0. The average molecular weight is 584 g/mol. The lowest BCUT2D eigenvalue weighted by molar-refractivity contribution is 0.100. The van der Waals surface area contributed by atoms with Gasteiger partial charge in [0.2, 0.25) is 6.19 Å². The maximum Gasteiger partial charge on any atom is 0.258 e. The number of nitriles is 1. The van der Waals surface area contributed by atoms with Crippen molar-refractivity contribution in [1.82, 2.24) is 0 Å². The number of benzene rings is 1. The number of carbonyl (C=O) groups is 1. The summed E-state index contributed by atoms with van der Waals surface area (Å²) in [6, 6.07) is 10.4. The highest BCUT2D eigenvalue weighted by atomic mass is 32.2. The van der Waals surface area contributed by atoms with E-state index in [4.69, 9.17) is 11.0 Å². The Kier molecular flexibility index (Phi) is 17.4. The number of thiophene rings is 1. The van der Waals surface area contributed by atoms with E-state index in [9.17, 15) is 21.6 Å². The Morgan fingerprint density at radius 2 is 1.74 bits per heavy atom. The Morgan fingerprint density at radius 1 is 1.11 bits per heavy atom. The molecule has 0 atom stereocenters. The van der Waals surface area contributed by atoms with Crippen LogP contribution in [0.1, 0.15) is 74.0 Å². The van der Waals surface area contributed by atoms with Crippen LogP contribution in [0.25, 0.3) is 0 Å². The van der Waals surface area contributed by atoms with Crippen LogP contribution in [-0.2, 0) is 19.7 Å². The molecule has 0 bridgehead atoms. The number of hydrogen-bond donors (Lipinski definition) is 1. The topological polar surface area (TPSA) is 148 Å². The second-order valence-corrected chi connectivity index (χ2v) is 14.2. The fourth-order valence-corrected chi connectivity index (χ4v) is 5.57. The van der Waals surface area contributed by atoms with Gasteiger partial charge >= 0.3 is 0 Å². The molecule has 8 nitrogen and oxygen atoms in total. The minimum absolute atomic E-state index is 0.337. The summed E-state index contributed by atoms with van der Waals surface area (Å²) in [5, 5.41) is 10.2. The molecule has 1 aliphatic carbocycles. The molecule has 1 amide bonds. The molecule has 1 heterocycles. The van der Waals surface area contributed by atoms with Gasteiger partial charge in [0.15, 0.2) is 9.84 Å². The van der Waals surface area contributed by atoms with Gasteiger partial charge in [-0.3, -0.25) is 4.79 Å². The summed E-state index contributed by atoms with van der Waals surface area (Å²) in [5.74, 6) is 0.614. The predicted octanol–water partition coefficient (Wildman–Crippen LogP) is 5.59. The highest BCUT2D eigenvalue weighted by Gasteiger charge is 2.19. The van der Waals surface area contributed by atoms with Crippen LogP contribution in [0.5, 0.6) is 0 Å². The van der Waals surface area contributed by atoms with Crippen LogP contribution in [0.3, 0.4) is 0 Å².